The molecule has 47 heavy (non-hydrogen) atoms. The molecule has 7 rings (SSSR count). The summed E-state index contributed by atoms with van der Waals surface area (Å²) in [5, 5.41) is 10.1. The maximum atomic E-state index is 14.4. The molecule has 9 atom stereocenters. The lowest BCUT2D eigenvalue weighted by atomic mass is 9.33. The molecule has 0 radical (unpaired) electrons. The van der Waals surface area contributed by atoms with Gasteiger partial charge in [-0.2, -0.15) is 0 Å². The minimum absolute atomic E-state index is 0.0311. The standard InChI is InChI=1S/C41H60O6/c1-35(2)17-19-41(34(43)45-24-25-11-13-28(42)29(21-25)44-10)20-18-39(8)26(27(41)22-35)12-14-32-38(7)23-30-33(47-37(5,6)46-30)36(3,4)31(38)15-16-40(32,39)9/h11-13,21,27,30-33,42H,14-20,22-24H2,1-10H3/t27-,30+,31?,32?,33-,38-,39+,40+,41-/m0/s1. The molecule has 2 unspecified atom stereocenters. The van der Waals surface area contributed by atoms with Crippen LogP contribution < -0.4 is 4.74 Å². The second kappa shape index (κ2) is 10.5. The average molecular weight is 649 g/mol. The lowest BCUT2D eigenvalue weighted by Crippen LogP contribution is -2.66. The van der Waals surface area contributed by atoms with Gasteiger partial charge in [0.05, 0.1) is 24.7 Å². The molecule has 0 spiro atoms. The molecule has 260 valence electrons. The number of rotatable bonds is 4. The van der Waals surface area contributed by atoms with E-state index in [4.69, 9.17) is 18.9 Å². The van der Waals surface area contributed by atoms with Crippen LogP contribution in [0, 0.1) is 50.2 Å². The van der Waals surface area contributed by atoms with E-state index in [9.17, 15) is 9.90 Å². The number of allylic oxidation sites excluding steroid dienone is 2. The van der Waals surface area contributed by atoms with Gasteiger partial charge in [0.25, 0.3) is 0 Å². The van der Waals surface area contributed by atoms with Crippen molar-refractivity contribution in [3.8, 4) is 11.5 Å². The van der Waals surface area contributed by atoms with Crippen LogP contribution in [0.2, 0.25) is 0 Å². The molecule has 6 aliphatic rings. The SMILES string of the molecule is COc1cc(COC(=O)[C@]23CCC(C)(C)C[C@H]2C2=CCC4[C@@]5(C)C[C@H]6OC(C)(C)O[C@@H]6C(C)(C)C5CC[C@@]4(C)[C@]2(C)CC3)ccc1O. The Hall–Kier alpha value is -2.05. The monoisotopic (exact) mass is 648 g/mol. The highest BCUT2D eigenvalue weighted by Gasteiger charge is 2.71. The van der Waals surface area contributed by atoms with E-state index in [-0.39, 0.29) is 63.5 Å². The average Bonchev–Trinajstić information content (AvgIpc) is 3.30. The number of carbonyl (C=O) groups is 1. The molecule has 4 saturated carbocycles. The van der Waals surface area contributed by atoms with Crippen molar-refractivity contribution in [1.82, 2.24) is 0 Å². The number of aromatic hydroxyl groups is 1. The van der Waals surface area contributed by atoms with E-state index in [1.807, 2.05) is 6.07 Å². The molecule has 1 N–H and O–H groups in total. The van der Waals surface area contributed by atoms with Gasteiger partial charge in [0.2, 0.25) is 0 Å². The Labute approximate surface area is 283 Å². The van der Waals surface area contributed by atoms with Gasteiger partial charge in [0, 0.05) is 0 Å². The van der Waals surface area contributed by atoms with Crippen molar-refractivity contribution in [2.24, 2.45) is 50.2 Å². The van der Waals surface area contributed by atoms with Crippen molar-refractivity contribution < 1.29 is 28.8 Å². The van der Waals surface area contributed by atoms with Crippen molar-refractivity contribution in [2.45, 2.75) is 145 Å². The third-order valence-electron chi connectivity index (χ3n) is 15.4. The Balaban J connectivity index is 1.22. The zero-order chi connectivity index (χ0) is 34.0. The lowest BCUT2D eigenvalue weighted by molar-refractivity contribution is -0.214. The summed E-state index contributed by atoms with van der Waals surface area (Å²) in [6.45, 7) is 21.8. The molecule has 5 fully saturated rings. The van der Waals surface area contributed by atoms with Crippen LogP contribution in [0.4, 0.5) is 0 Å². The van der Waals surface area contributed by atoms with Crippen LogP contribution in [0.3, 0.4) is 0 Å². The Morgan fingerprint density at radius 2 is 1.64 bits per heavy atom. The molecule has 6 nitrogen and oxygen atoms in total. The number of benzene rings is 1. The van der Waals surface area contributed by atoms with Gasteiger partial charge in [-0.3, -0.25) is 4.79 Å². The highest BCUT2D eigenvalue weighted by Crippen LogP contribution is 2.76. The lowest BCUT2D eigenvalue weighted by Gasteiger charge is -2.71. The van der Waals surface area contributed by atoms with Crippen LogP contribution in [0.15, 0.2) is 29.8 Å². The first-order chi connectivity index (χ1) is 21.8. The molecule has 5 aliphatic carbocycles. The third-order valence-corrected chi connectivity index (χ3v) is 15.4. The van der Waals surface area contributed by atoms with E-state index in [0.29, 0.717) is 17.6 Å². The number of carbonyl (C=O) groups excluding carboxylic acids is 1. The maximum Gasteiger partial charge on any atom is 0.313 e. The largest absolute Gasteiger partial charge is 0.504 e. The van der Waals surface area contributed by atoms with Crippen LogP contribution >= 0.6 is 0 Å². The minimum atomic E-state index is -0.533. The van der Waals surface area contributed by atoms with Crippen molar-refractivity contribution in [3.63, 3.8) is 0 Å². The topological polar surface area (TPSA) is 74.2 Å². The fraction of sp³-hybridized carbons (Fsp3) is 0.780. The number of fused-ring (bicyclic) bond motifs is 8. The molecule has 0 bridgehead atoms. The molecule has 1 heterocycles. The highest BCUT2D eigenvalue weighted by molar-refractivity contribution is 5.79. The van der Waals surface area contributed by atoms with Crippen molar-refractivity contribution in [2.75, 3.05) is 7.11 Å². The summed E-state index contributed by atoms with van der Waals surface area (Å²) in [6.07, 6.45) is 12.3. The molecule has 1 aliphatic heterocycles. The smallest absolute Gasteiger partial charge is 0.313 e. The van der Waals surface area contributed by atoms with E-state index in [1.165, 1.54) is 20.0 Å². The van der Waals surface area contributed by atoms with E-state index in [2.05, 4.69) is 68.4 Å². The van der Waals surface area contributed by atoms with Gasteiger partial charge in [0.15, 0.2) is 17.3 Å². The summed E-state index contributed by atoms with van der Waals surface area (Å²) in [5.41, 5.74) is 2.42. The summed E-state index contributed by atoms with van der Waals surface area (Å²) >= 11 is 0. The minimum Gasteiger partial charge on any atom is -0.504 e. The summed E-state index contributed by atoms with van der Waals surface area (Å²) in [4.78, 5) is 14.4. The fourth-order valence-electron chi connectivity index (χ4n) is 12.8. The second-order valence-electron chi connectivity index (χ2n) is 19.1. The van der Waals surface area contributed by atoms with E-state index >= 15 is 0 Å². The van der Waals surface area contributed by atoms with Crippen molar-refractivity contribution >= 4 is 5.97 Å². The summed E-state index contributed by atoms with van der Waals surface area (Å²) < 4.78 is 24.8. The highest BCUT2D eigenvalue weighted by atomic mass is 16.8. The van der Waals surface area contributed by atoms with Crippen molar-refractivity contribution in [1.29, 1.82) is 0 Å². The zero-order valence-electron chi connectivity index (χ0n) is 30.8. The van der Waals surface area contributed by atoms with Crippen molar-refractivity contribution in [3.05, 3.63) is 35.4 Å². The predicted molar refractivity (Wildman–Crippen MR) is 183 cm³/mol. The third kappa shape index (κ3) is 4.72. The Kier molecular flexibility index (Phi) is 7.46. The number of phenols is 1. The second-order valence-corrected chi connectivity index (χ2v) is 19.1. The van der Waals surface area contributed by atoms with Crippen LogP contribution in [0.25, 0.3) is 0 Å². The molecular formula is C41H60O6. The molecule has 0 aromatic heterocycles. The summed E-state index contributed by atoms with van der Waals surface area (Å²) in [7, 11) is 1.54. The Morgan fingerprint density at radius 3 is 2.36 bits per heavy atom. The predicted octanol–water partition coefficient (Wildman–Crippen LogP) is 9.38. The summed E-state index contributed by atoms with van der Waals surface area (Å²) in [6, 6.07) is 5.18. The maximum absolute atomic E-state index is 14.4. The van der Waals surface area contributed by atoms with Gasteiger partial charge in [-0.15, -0.1) is 0 Å². The molecule has 6 heteroatoms. The number of methoxy groups -OCH3 is 1. The number of esters is 1. The molecule has 1 aromatic rings. The molecule has 1 aromatic carbocycles. The van der Waals surface area contributed by atoms with Crippen LogP contribution in [0.5, 0.6) is 11.5 Å². The van der Waals surface area contributed by atoms with Crippen LogP contribution in [-0.2, 0) is 25.6 Å². The van der Waals surface area contributed by atoms with E-state index < -0.39 is 11.2 Å². The number of ether oxygens (including phenoxy) is 4. The zero-order valence-corrected chi connectivity index (χ0v) is 30.8. The van der Waals surface area contributed by atoms with Gasteiger partial charge in [0.1, 0.15) is 6.61 Å². The van der Waals surface area contributed by atoms with Gasteiger partial charge < -0.3 is 24.1 Å². The van der Waals surface area contributed by atoms with E-state index in [0.717, 1.165) is 50.5 Å². The number of hydrogen-bond donors (Lipinski definition) is 1. The normalized spacial score (nSPS) is 44.0. The first-order valence-corrected chi connectivity index (χ1v) is 18.4. The van der Waals surface area contributed by atoms with Crippen LogP contribution in [-0.4, -0.2) is 36.2 Å². The first-order valence-electron chi connectivity index (χ1n) is 18.4. The van der Waals surface area contributed by atoms with Gasteiger partial charge in [-0.25, -0.2) is 0 Å². The molecule has 0 amide bonds. The first kappa shape index (κ1) is 33.4. The molecular weight excluding hydrogens is 588 g/mol. The summed E-state index contributed by atoms with van der Waals surface area (Å²) in [5.74, 6) is 1.23. The number of hydrogen-bond acceptors (Lipinski definition) is 6. The van der Waals surface area contributed by atoms with E-state index in [1.54, 1.807) is 17.7 Å². The number of phenolic OH excluding ortho intramolecular Hbond substituents is 1. The van der Waals surface area contributed by atoms with Crippen LogP contribution in [0.1, 0.15) is 126 Å². The fourth-order valence-corrected chi connectivity index (χ4v) is 12.8. The Bertz CT molecular complexity index is 1470. The van der Waals surface area contributed by atoms with Gasteiger partial charge in [-0.1, -0.05) is 66.2 Å². The van der Waals surface area contributed by atoms with Gasteiger partial charge in [-0.05, 0) is 134 Å². The van der Waals surface area contributed by atoms with Gasteiger partial charge >= 0.3 is 5.97 Å². The quantitative estimate of drug-likeness (QED) is 0.259. The Morgan fingerprint density at radius 1 is 0.915 bits per heavy atom. The molecule has 1 saturated heterocycles.